The Labute approximate surface area is 100 Å². The highest BCUT2D eigenvalue weighted by atomic mass is 16.5. The molecule has 2 saturated carbocycles. The zero-order chi connectivity index (χ0) is 11.1. The van der Waals surface area contributed by atoms with E-state index in [2.05, 4.69) is 5.32 Å². The lowest BCUT2D eigenvalue weighted by molar-refractivity contribution is 0.103. The predicted octanol–water partition coefficient (Wildman–Crippen LogP) is 3.12. The molecule has 0 unspecified atom stereocenters. The van der Waals surface area contributed by atoms with Gasteiger partial charge in [-0.05, 0) is 51.0 Å². The van der Waals surface area contributed by atoms with Gasteiger partial charge in [-0.15, -0.1) is 0 Å². The zero-order valence-electron chi connectivity index (χ0n) is 10.5. The first-order valence-corrected chi connectivity index (χ1v) is 7.26. The molecule has 94 valence electrons. The second kappa shape index (κ2) is 7.29. The van der Waals surface area contributed by atoms with E-state index in [1.54, 1.807) is 0 Å². The van der Waals surface area contributed by atoms with Gasteiger partial charge in [0.05, 0.1) is 0 Å². The second-order valence-corrected chi connectivity index (χ2v) is 5.49. The summed E-state index contributed by atoms with van der Waals surface area (Å²) in [5.41, 5.74) is 0. The van der Waals surface area contributed by atoms with Crippen LogP contribution in [-0.4, -0.2) is 25.8 Å². The maximum Gasteiger partial charge on any atom is 0.0468 e. The van der Waals surface area contributed by atoms with E-state index >= 15 is 0 Å². The van der Waals surface area contributed by atoms with Gasteiger partial charge in [-0.3, -0.25) is 0 Å². The van der Waals surface area contributed by atoms with Crippen molar-refractivity contribution in [3.8, 4) is 0 Å². The molecule has 2 rings (SSSR count). The highest BCUT2D eigenvalue weighted by Gasteiger charge is 2.19. The van der Waals surface area contributed by atoms with Crippen LogP contribution in [0, 0.1) is 5.92 Å². The molecule has 1 N–H and O–H groups in total. The largest absolute Gasteiger partial charge is 0.381 e. The van der Waals surface area contributed by atoms with Crippen molar-refractivity contribution in [1.82, 2.24) is 5.32 Å². The van der Waals surface area contributed by atoms with Crippen LogP contribution in [0.5, 0.6) is 0 Å². The van der Waals surface area contributed by atoms with Gasteiger partial charge < -0.3 is 10.1 Å². The summed E-state index contributed by atoms with van der Waals surface area (Å²) in [5.74, 6) is 1.00. The first kappa shape index (κ1) is 12.4. The predicted molar refractivity (Wildman–Crippen MR) is 67.7 cm³/mol. The smallest absolute Gasteiger partial charge is 0.0468 e. The Bertz CT molecular complexity index is 176. The van der Waals surface area contributed by atoms with Crippen molar-refractivity contribution < 1.29 is 4.74 Å². The molecule has 0 atom stereocenters. The molecule has 0 aromatic carbocycles. The van der Waals surface area contributed by atoms with Crippen LogP contribution in [0.25, 0.3) is 0 Å². The van der Waals surface area contributed by atoms with Gasteiger partial charge in [-0.25, -0.2) is 0 Å². The van der Waals surface area contributed by atoms with Crippen LogP contribution in [0.1, 0.15) is 57.8 Å². The number of hydrogen-bond acceptors (Lipinski definition) is 2. The molecule has 16 heavy (non-hydrogen) atoms. The van der Waals surface area contributed by atoms with Crippen molar-refractivity contribution in [1.29, 1.82) is 0 Å². The molecule has 0 heterocycles. The highest BCUT2D eigenvalue weighted by molar-refractivity contribution is 4.80. The molecule has 2 heteroatoms. The van der Waals surface area contributed by atoms with E-state index in [-0.39, 0.29) is 0 Å². The van der Waals surface area contributed by atoms with Gasteiger partial charge in [0.25, 0.3) is 0 Å². The number of nitrogens with one attached hydrogen (secondary N) is 1. The summed E-state index contributed by atoms with van der Waals surface area (Å²) in [6, 6.07) is 0.874. The fraction of sp³-hybridized carbons (Fsp3) is 1.00. The second-order valence-electron chi connectivity index (χ2n) is 5.49. The maximum absolute atomic E-state index is 5.66. The van der Waals surface area contributed by atoms with Gasteiger partial charge in [0.15, 0.2) is 0 Å². The number of unbranched alkanes of at least 4 members (excludes halogenated alkanes) is 2. The van der Waals surface area contributed by atoms with E-state index in [4.69, 9.17) is 4.74 Å². The molecule has 0 aromatic heterocycles. The Hall–Kier alpha value is -0.0800. The molecule has 0 amide bonds. The molecule has 0 bridgehead atoms. The van der Waals surface area contributed by atoms with Crippen LogP contribution in [0.2, 0.25) is 0 Å². The number of hydrogen-bond donors (Lipinski definition) is 1. The third-order valence-electron chi connectivity index (χ3n) is 3.87. The topological polar surface area (TPSA) is 21.3 Å². The standard InChI is InChI=1S/C14H27NO/c1(2-10-15-14-7-8-14)3-11-16-12-9-13-5-4-6-13/h13-15H,1-12H2. The fourth-order valence-electron chi connectivity index (χ4n) is 2.23. The lowest BCUT2D eigenvalue weighted by atomic mass is 9.83. The number of ether oxygens (including phenoxy) is 1. The third-order valence-corrected chi connectivity index (χ3v) is 3.87. The lowest BCUT2D eigenvalue weighted by Crippen LogP contribution is -2.17. The summed E-state index contributed by atoms with van der Waals surface area (Å²) in [4.78, 5) is 0. The first-order valence-electron chi connectivity index (χ1n) is 7.26. The van der Waals surface area contributed by atoms with E-state index in [1.807, 2.05) is 0 Å². The minimum atomic E-state index is 0.874. The summed E-state index contributed by atoms with van der Waals surface area (Å²) < 4.78 is 5.66. The van der Waals surface area contributed by atoms with Crippen molar-refractivity contribution in [2.75, 3.05) is 19.8 Å². The summed E-state index contributed by atoms with van der Waals surface area (Å²) in [6.07, 6.45) is 12.4. The maximum atomic E-state index is 5.66. The summed E-state index contributed by atoms with van der Waals surface area (Å²) >= 11 is 0. The summed E-state index contributed by atoms with van der Waals surface area (Å²) in [7, 11) is 0. The van der Waals surface area contributed by atoms with Crippen LogP contribution in [0.3, 0.4) is 0 Å². The summed E-state index contributed by atoms with van der Waals surface area (Å²) in [6.45, 7) is 3.20. The molecule has 2 fully saturated rings. The Morgan fingerprint density at radius 2 is 1.81 bits per heavy atom. The molecule has 0 radical (unpaired) electrons. The van der Waals surface area contributed by atoms with Crippen LogP contribution >= 0.6 is 0 Å². The van der Waals surface area contributed by atoms with Crippen molar-refractivity contribution in [2.24, 2.45) is 5.92 Å². The molecule has 0 aliphatic heterocycles. The van der Waals surface area contributed by atoms with Gasteiger partial charge in [0, 0.05) is 19.3 Å². The first-order chi connectivity index (χ1) is 7.95. The normalized spacial score (nSPS) is 21.0. The highest BCUT2D eigenvalue weighted by Crippen LogP contribution is 2.29. The Kier molecular flexibility index (Phi) is 5.64. The van der Waals surface area contributed by atoms with E-state index in [9.17, 15) is 0 Å². The average Bonchev–Trinajstić information content (AvgIpc) is 3.02. The quantitative estimate of drug-likeness (QED) is 0.577. The van der Waals surface area contributed by atoms with Crippen molar-refractivity contribution in [2.45, 2.75) is 63.8 Å². The molecule has 0 saturated heterocycles. The molecule has 0 spiro atoms. The SMILES string of the molecule is C(CCNC1CC1)CCOCCC1CCC1. The lowest BCUT2D eigenvalue weighted by Gasteiger charge is -2.24. The van der Waals surface area contributed by atoms with E-state index in [1.165, 1.54) is 64.3 Å². The van der Waals surface area contributed by atoms with Gasteiger partial charge in [0.2, 0.25) is 0 Å². The van der Waals surface area contributed by atoms with Crippen molar-refractivity contribution in [3.63, 3.8) is 0 Å². The molecule has 0 aromatic rings. The molecule has 2 aliphatic rings. The van der Waals surface area contributed by atoms with Crippen LogP contribution in [0.15, 0.2) is 0 Å². The summed E-state index contributed by atoms with van der Waals surface area (Å²) in [5, 5.41) is 3.55. The van der Waals surface area contributed by atoms with E-state index in [0.717, 1.165) is 25.2 Å². The third kappa shape index (κ3) is 5.31. The molecular weight excluding hydrogens is 198 g/mol. The van der Waals surface area contributed by atoms with Crippen molar-refractivity contribution in [3.05, 3.63) is 0 Å². The Morgan fingerprint density at radius 1 is 0.938 bits per heavy atom. The average molecular weight is 225 g/mol. The zero-order valence-corrected chi connectivity index (χ0v) is 10.5. The van der Waals surface area contributed by atoms with Gasteiger partial charge >= 0.3 is 0 Å². The minimum absolute atomic E-state index is 0.874. The van der Waals surface area contributed by atoms with Crippen LogP contribution in [-0.2, 0) is 4.74 Å². The molecule has 2 nitrogen and oxygen atoms in total. The minimum Gasteiger partial charge on any atom is -0.381 e. The molecular formula is C14H27NO. The Balaban J connectivity index is 1.24. The van der Waals surface area contributed by atoms with Crippen LogP contribution in [0.4, 0.5) is 0 Å². The van der Waals surface area contributed by atoms with Crippen LogP contribution < -0.4 is 5.32 Å². The van der Waals surface area contributed by atoms with Gasteiger partial charge in [-0.1, -0.05) is 19.3 Å². The van der Waals surface area contributed by atoms with E-state index in [0.29, 0.717) is 0 Å². The van der Waals surface area contributed by atoms with Crippen molar-refractivity contribution >= 4 is 0 Å². The number of rotatable bonds is 10. The van der Waals surface area contributed by atoms with Gasteiger partial charge in [0.1, 0.15) is 0 Å². The van der Waals surface area contributed by atoms with E-state index < -0.39 is 0 Å². The Morgan fingerprint density at radius 3 is 2.50 bits per heavy atom. The van der Waals surface area contributed by atoms with Gasteiger partial charge in [-0.2, -0.15) is 0 Å². The monoisotopic (exact) mass is 225 g/mol. The molecule has 2 aliphatic carbocycles. The fourth-order valence-corrected chi connectivity index (χ4v) is 2.23.